The highest BCUT2D eigenvalue weighted by Gasteiger charge is 2.30. The van der Waals surface area contributed by atoms with E-state index in [2.05, 4.69) is 0 Å². The van der Waals surface area contributed by atoms with Crippen molar-refractivity contribution >= 4 is 17.8 Å². The molecule has 0 nitrogen and oxygen atoms in total. The third-order valence-corrected chi connectivity index (χ3v) is 2.40. The summed E-state index contributed by atoms with van der Waals surface area (Å²) in [6.45, 7) is 1.99. The molecular formula is C11H11F3S. The molecule has 0 saturated carbocycles. The quantitative estimate of drug-likeness (QED) is 0.743. The minimum Gasteiger partial charge on any atom is -0.166 e. The molecule has 4 heteroatoms. The van der Waals surface area contributed by atoms with Crippen molar-refractivity contribution in [2.75, 3.05) is 5.75 Å². The Morgan fingerprint density at radius 1 is 1.33 bits per heavy atom. The van der Waals surface area contributed by atoms with Crippen LogP contribution in [0.4, 0.5) is 13.2 Å². The van der Waals surface area contributed by atoms with Gasteiger partial charge < -0.3 is 0 Å². The van der Waals surface area contributed by atoms with Gasteiger partial charge in [0.2, 0.25) is 0 Å². The van der Waals surface area contributed by atoms with Crippen molar-refractivity contribution in [3.63, 3.8) is 0 Å². The van der Waals surface area contributed by atoms with Crippen LogP contribution in [0.5, 0.6) is 0 Å². The van der Waals surface area contributed by atoms with Crippen LogP contribution in [0.3, 0.4) is 0 Å². The Hall–Kier alpha value is -0.900. The molecule has 1 aromatic carbocycles. The van der Waals surface area contributed by atoms with Gasteiger partial charge in [-0.15, -0.1) is 11.8 Å². The molecule has 82 valence electrons. The lowest BCUT2D eigenvalue weighted by Gasteiger charge is -2.06. The zero-order valence-electron chi connectivity index (χ0n) is 8.21. The summed E-state index contributed by atoms with van der Waals surface area (Å²) in [7, 11) is 0. The van der Waals surface area contributed by atoms with E-state index in [0.717, 1.165) is 17.9 Å². The summed E-state index contributed by atoms with van der Waals surface area (Å²) in [5.74, 6) is 0.912. The van der Waals surface area contributed by atoms with Gasteiger partial charge in [0, 0.05) is 0 Å². The van der Waals surface area contributed by atoms with E-state index < -0.39 is 11.7 Å². The standard InChI is InChI=1S/C11H11F3S/c1-2-15-7-6-9-4-3-5-10(8-9)11(12,13)14/h3-8H,2H2,1H3/b7-6+. The van der Waals surface area contributed by atoms with E-state index in [1.54, 1.807) is 29.3 Å². The smallest absolute Gasteiger partial charge is 0.166 e. The van der Waals surface area contributed by atoms with Crippen LogP contribution >= 0.6 is 11.8 Å². The normalized spacial score (nSPS) is 12.3. The van der Waals surface area contributed by atoms with Crippen molar-refractivity contribution in [3.8, 4) is 0 Å². The maximum atomic E-state index is 12.3. The topological polar surface area (TPSA) is 0 Å². The number of thioether (sulfide) groups is 1. The van der Waals surface area contributed by atoms with Gasteiger partial charge in [-0.25, -0.2) is 0 Å². The molecule has 0 fully saturated rings. The lowest BCUT2D eigenvalue weighted by atomic mass is 10.1. The van der Waals surface area contributed by atoms with E-state index in [1.165, 1.54) is 6.07 Å². The highest BCUT2D eigenvalue weighted by Crippen LogP contribution is 2.29. The number of alkyl halides is 3. The first-order valence-electron chi connectivity index (χ1n) is 4.49. The predicted octanol–water partition coefficient (Wildman–Crippen LogP) is 4.43. The first-order valence-corrected chi connectivity index (χ1v) is 5.54. The molecule has 0 spiro atoms. The summed E-state index contributed by atoms with van der Waals surface area (Å²) < 4.78 is 37.0. The Kier molecular flexibility index (Phi) is 4.27. The van der Waals surface area contributed by atoms with Crippen LogP contribution < -0.4 is 0 Å². The SMILES string of the molecule is CCS/C=C/c1cccc(C(F)(F)F)c1. The van der Waals surface area contributed by atoms with E-state index in [9.17, 15) is 13.2 Å². The third kappa shape index (κ3) is 4.00. The van der Waals surface area contributed by atoms with Crippen LogP contribution in [0, 0.1) is 0 Å². The van der Waals surface area contributed by atoms with Crippen molar-refractivity contribution in [2.24, 2.45) is 0 Å². The highest BCUT2D eigenvalue weighted by atomic mass is 32.2. The van der Waals surface area contributed by atoms with Gasteiger partial charge in [-0.2, -0.15) is 13.2 Å². The highest BCUT2D eigenvalue weighted by molar-refractivity contribution is 8.02. The van der Waals surface area contributed by atoms with E-state index in [1.807, 2.05) is 6.92 Å². The van der Waals surface area contributed by atoms with Crippen LogP contribution in [0.15, 0.2) is 29.7 Å². The lowest BCUT2D eigenvalue weighted by molar-refractivity contribution is -0.137. The summed E-state index contributed by atoms with van der Waals surface area (Å²) in [6.07, 6.45) is -2.58. The Morgan fingerprint density at radius 3 is 2.67 bits per heavy atom. The molecule has 0 heterocycles. The zero-order valence-corrected chi connectivity index (χ0v) is 9.03. The van der Waals surface area contributed by atoms with Crippen molar-refractivity contribution in [1.82, 2.24) is 0 Å². The largest absolute Gasteiger partial charge is 0.416 e. The fraction of sp³-hybridized carbons (Fsp3) is 0.273. The van der Waals surface area contributed by atoms with Crippen molar-refractivity contribution in [1.29, 1.82) is 0 Å². The van der Waals surface area contributed by atoms with Crippen LogP contribution in [0.25, 0.3) is 6.08 Å². The monoisotopic (exact) mass is 232 g/mol. The number of benzene rings is 1. The summed E-state index contributed by atoms with van der Waals surface area (Å²) in [4.78, 5) is 0. The number of hydrogen-bond acceptors (Lipinski definition) is 1. The molecule has 0 saturated heterocycles. The second-order valence-corrected chi connectivity index (χ2v) is 4.06. The lowest BCUT2D eigenvalue weighted by Crippen LogP contribution is -2.04. The molecule has 0 bridgehead atoms. The van der Waals surface area contributed by atoms with Gasteiger partial charge >= 0.3 is 6.18 Å². The molecule has 0 aliphatic rings. The zero-order chi connectivity index (χ0) is 11.3. The van der Waals surface area contributed by atoms with E-state index in [4.69, 9.17) is 0 Å². The van der Waals surface area contributed by atoms with Gasteiger partial charge in [0.15, 0.2) is 0 Å². The fourth-order valence-electron chi connectivity index (χ4n) is 1.04. The van der Waals surface area contributed by atoms with E-state index in [0.29, 0.717) is 5.56 Å². The molecule has 0 unspecified atom stereocenters. The number of rotatable bonds is 3. The fourth-order valence-corrected chi connectivity index (χ4v) is 1.49. The van der Waals surface area contributed by atoms with Gasteiger partial charge in [-0.05, 0) is 34.9 Å². The molecule has 0 aromatic heterocycles. The predicted molar refractivity (Wildman–Crippen MR) is 58.6 cm³/mol. The van der Waals surface area contributed by atoms with Crippen LogP contribution in [0.1, 0.15) is 18.1 Å². The molecule has 1 aromatic rings. The Morgan fingerprint density at radius 2 is 2.07 bits per heavy atom. The second kappa shape index (κ2) is 5.26. The maximum absolute atomic E-state index is 12.3. The van der Waals surface area contributed by atoms with Crippen LogP contribution in [-0.4, -0.2) is 5.75 Å². The Labute approximate surface area is 91.2 Å². The molecule has 0 aliphatic carbocycles. The van der Waals surface area contributed by atoms with Crippen LogP contribution in [0.2, 0.25) is 0 Å². The summed E-state index contributed by atoms with van der Waals surface area (Å²) in [5.41, 5.74) is -0.0306. The average molecular weight is 232 g/mol. The number of halogens is 3. The van der Waals surface area contributed by atoms with Crippen LogP contribution in [-0.2, 0) is 6.18 Å². The Bertz CT molecular complexity index is 342. The first kappa shape index (κ1) is 12.2. The van der Waals surface area contributed by atoms with Crippen molar-refractivity contribution in [2.45, 2.75) is 13.1 Å². The molecule has 0 amide bonds. The summed E-state index contributed by atoms with van der Waals surface area (Å²) in [5, 5.41) is 1.80. The van der Waals surface area contributed by atoms with Gasteiger partial charge in [0.1, 0.15) is 0 Å². The Balaban J connectivity index is 2.84. The number of hydrogen-bond donors (Lipinski definition) is 0. The third-order valence-electron chi connectivity index (χ3n) is 1.74. The first-order chi connectivity index (χ1) is 7.04. The minimum atomic E-state index is -4.26. The minimum absolute atomic E-state index is 0.575. The summed E-state index contributed by atoms with van der Waals surface area (Å²) in [6, 6.07) is 5.29. The molecular weight excluding hydrogens is 221 g/mol. The maximum Gasteiger partial charge on any atom is 0.416 e. The van der Waals surface area contributed by atoms with E-state index >= 15 is 0 Å². The van der Waals surface area contributed by atoms with Gasteiger partial charge in [-0.1, -0.05) is 19.1 Å². The second-order valence-electron chi connectivity index (χ2n) is 2.88. The average Bonchev–Trinajstić information content (AvgIpc) is 2.17. The molecule has 0 atom stereocenters. The van der Waals surface area contributed by atoms with Crippen molar-refractivity contribution in [3.05, 3.63) is 40.8 Å². The molecule has 0 aliphatic heterocycles. The van der Waals surface area contributed by atoms with Gasteiger partial charge in [0.05, 0.1) is 5.56 Å². The van der Waals surface area contributed by atoms with E-state index in [-0.39, 0.29) is 0 Å². The van der Waals surface area contributed by atoms with Gasteiger partial charge in [0.25, 0.3) is 0 Å². The van der Waals surface area contributed by atoms with Gasteiger partial charge in [-0.3, -0.25) is 0 Å². The summed E-state index contributed by atoms with van der Waals surface area (Å²) >= 11 is 1.55. The molecule has 15 heavy (non-hydrogen) atoms. The molecule has 1 rings (SSSR count). The molecule has 0 radical (unpaired) electrons. The molecule has 0 N–H and O–H groups in total. The van der Waals surface area contributed by atoms with Crippen molar-refractivity contribution < 1.29 is 13.2 Å².